The molecular weight excluding hydrogens is 311 g/mol. The van der Waals surface area contributed by atoms with Crippen molar-refractivity contribution in [2.24, 2.45) is 11.3 Å². The maximum Gasteiger partial charge on any atom is 0.433 e. The molecule has 0 aliphatic carbocycles. The highest BCUT2D eigenvalue weighted by Gasteiger charge is 2.49. The van der Waals surface area contributed by atoms with E-state index in [4.69, 9.17) is 4.74 Å². The molecule has 23 heavy (non-hydrogen) atoms. The van der Waals surface area contributed by atoms with Crippen molar-refractivity contribution in [1.82, 2.24) is 9.97 Å². The van der Waals surface area contributed by atoms with Crippen molar-refractivity contribution in [2.75, 3.05) is 24.6 Å². The Labute approximate surface area is 132 Å². The van der Waals surface area contributed by atoms with Crippen LogP contribution in [-0.2, 0) is 15.7 Å². The van der Waals surface area contributed by atoms with Crippen LogP contribution in [0.4, 0.5) is 19.1 Å². The van der Waals surface area contributed by atoms with E-state index in [-0.39, 0.29) is 31.0 Å². The lowest BCUT2D eigenvalue weighted by molar-refractivity contribution is -0.157. The number of carbonyl (C=O) groups is 1. The van der Waals surface area contributed by atoms with Gasteiger partial charge in [0.05, 0.1) is 12.0 Å². The Morgan fingerprint density at radius 3 is 2.74 bits per heavy atom. The third-order valence-electron chi connectivity index (χ3n) is 4.30. The monoisotopic (exact) mass is 331 g/mol. The highest BCUT2D eigenvalue weighted by Crippen LogP contribution is 2.40. The van der Waals surface area contributed by atoms with Gasteiger partial charge in [-0.2, -0.15) is 13.2 Å². The number of rotatable bonds is 4. The number of hydrogen-bond donors (Lipinski definition) is 0. The summed E-state index contributed by atoms with van der Waals surface area (Å²) >= 11 is 0. The van der Waals surface area contributed by atoms with Gasteiger partial charge in [-0.15, -0.1) is 0 Å². The van der Waals surface area contributed by atoms with Crippen LogP contribution in [-0.4, -0.2) is 35.6 Å². The molecule has 0 radical (unpaired) electrons. The Balaban J connectivity index is 2.26. The number of halogens is 3. The molecule has 1 aliphatic rings. The largest absolute Gasteiger partial charge is 0.466 e. The van der Waals surface area contributed by atoms with Crippen LogP contribution in [0, 0.1) is 11.3 Å². The molecule has 1 atom stereocenters. The van der Waals surface area contributed by atoms with Gasteiger partial charge in [0, 0.05) is 19.3 Å². The lowest BCUT2D eigenvalue weighted by Crippen LogP contribution is -2.41. The quantitative estimate of drug-likeness (QED) is 0.794. The number of alkyl halides is 3. The molecule has 1 aliphatic heterocycles. The number of carbonyl (C=O) groups excluding carboxylic acids is 1. The van der Waals surface area contributed by atoms with Crippen LogP contribution in [0.25, 0.3) is 0 Å². The van der Waals surface area contributed by atoms with E-state index < -0.39 is 17.3 Å². The van der Waals surface area contributed by atoms with Gasteiger partial charge < -0.3 is 9.64 Å². The summed E-state index contributed by atoms with van der Waals surface area (Å²) in [6, 6.07) is 0.834. The first kappa shape index (κ1) is 17.5. The summed E-state index contributed by atoms with van der Waals surface area (Å²) in [6.45, 7) is 6.49. The predicted octanol–water partition coefficient (Wildman–Crippen LogP) is 2.91. The van der Waals surface area contributed by atoms with Gasteiger partial charge in [0.15, 0.2) is 0 Å². The van der Waals surface area contributed by atoms with Gasteiger partial charge in [-0.3, -0.25) is 4.79 Å². The van der Waals surface area contributed by atoms with Crippen molar-refractivity contribution < 1.29 is 22.7 Å². The lowest BCUT2D eigenvalue weighted by Gasteiger charge is -2.30. The van der Waals surface area contributed by atoms with Gasteiger partial charge in [-0.1, -0.05) is 13.8 Å². The first-order valence-electron chi connectivity index (χ1n) is 7.53. The molecule has 1 saturated heterocycles. The molecule has 1 fully saturated rings. The van der Waals surface area contributed by atoms with E-state index in [0.29, 0.717) is 13.0 Å². The first-order valence-corrected chi connectivity index (χ1v) is 7.53. The minimum absolute atomic E-state index is 0.00245. The molecule has 5 nitrogen and oxygen atoms in total. The summed E-state index contributed by atoms with van der Waals surface area (Å²) in [5.41, 5.74) is -1.73. The maximum atomic E-state index is 12.8. The van der Waals surface area contributed by atoms with E-state index >= 15 is 0 Å². The average molecular weight is 331 g/mol. The van der Waals surface area contributed by atoms with Gasteiger partial charge in [0.25, 0.3) is 0 Å². The number of aromatic nitrogens is 2. The van der Waals surface area contributed by atoms with E-state index in [9.17, 15) is 18.0 Å². The molecule has 8 heteroatoms. The van der Waals surface area contributed by atoms with Crippen molar-refractivity contribution in [3.05, 3.63) is 18.0 Å². The SMILES string of the molecule is CCOC(=O)C1(C(C)C)CCN(c2nccc(C(F)(F)F)n2)C1. The summed E-state index contributed by atoms with van der Waals surface area (Å²) in [7, 11) is 0. The smallest absolute Gasteiger partial charge is 0.433 e. The highest BCUT2D eigenvalue weighted by atomic mass is 19.4. The molecule has 0 saturated carbocycles. The molecule has 1 unspecified atom stereocenters. The van der Waals surface area contributed by atoms with Gasteiger partial charge in [-0.25, -0.2) is 9.97 Å². The van der Waals surface area contributed by atoms with Crippen LogP contribution in [0.3, 0.4) is 0 Å². The van der Waals surface area contributed by atoms with Gasteiger partial charge >= 0.3 is 12.1 Å². The minimum Gasteiger partial charge on any atom is -0.466 e. The zero-order valence-corrected chi connectivity index (χ0v) is 13.4. The van der Waals surface area contributed by atoms with Crippen LogP contribution in [0.1, 0.15) is 32.9 Å². The summed E-state index contributed by atoms with van der Waals surface area (Å²) in [5, 5.41) is 0. The standard InChI is InChI=1S/C15H20F3N3O2/c1-4-23-12(22)14(10(2)3)6-8-21(9-14)13-19-7-5-11(20-13)15(16,17)18/h5,7,10H,4,6,8-9H2,1-3H3. The third kappa shape index (κ3) is 3.40. The van der Waals surface area contributed by atoms with Gasteiger partial charge in [0.2, 0.25) is 5.95 Å². The number of anilines is 1. The summed E-state index contributed by atoms with van der Waals surface area (Å²) in [5.74, 6) is -0.325. The van der Waals surface area contributed by atoms with Gasteiger partial charge in [-0.05, 0) is 25.3 Å². The highest BCUT2D eigenvalue weighted by molar-refractivity contribution is 5.79. The molecule has 0 N–H and O–H groups in total. The number of hydrogen-bond acceptors (Lipinski definition) is 5. The molecule has 1 aromatic rings. The Hall–Kier alpha value is -1.86. The van der Waals surface area contributed by atoms with Crippen molar-refractivity contribution in [1.29, 1.82) is 0 Å². The van der Waals surface area contributed by atoms with Crippen LogP contribution >= 0.6 is 0 Å². The summed E-state index contributed by atoms with van der Waals surface area (Å²) in [6.07, 6.45) is -2.93. The second kappa shape index (κ2) is 6.33. The molecule has 0 spiro atoms. The minimum atomic E-state index is -4.52. The molecule has 0 aromatic carbocycles. The van der Waals surface area contributed by atoms with Crippen molar-refractivity contribution in [3.8, 4) is 0 Å². The van der Waals surface area contributed by atoms with Crippen LogP contribution in [0.2, 0.25) is 0 Å². The first-order chi connectivity index (χ1) is 10.7. The Kier molecular flexibility index (Phi) is 4.81. The Morgan fingerprint density at radius 2 is 2.17 bits per heavy atom. The van der Waals surface area contributed by atoms with Crippen LogP contribution in [0.15, 0.2) is 12.3 Å². The van der Waals surface area contributed by atoms with Crippen LogP contribution < -0.4 is 4.90 Å². The fourth-order valence-electron chi connectivity index (χ4n) is 2.81. The van der Waals surface area contributed by atoms with E-state index in [0.717, 1.165) is 12.3 Å². The molecule has 0 bridgehead atoms. The van der Waals surface area contributed by atoms with Crippen molar-refractivity contribution >= 4 is 11.9 Å². The fourth-order valence-corrected chi connectivity index (χ4v) is 2.81. The molecule has 2 rings (SSSR count). The van der Waals surface area contributed by atoms with E-state index in [2.05, 4.69) is 9.97 Å². The maximum absolute atomic E-state index is 12.8. The normalized spacial score (nSPS) is 21.8. The second-order valence-corrected chi connectivity index (χ2v) is 5.94. The topological polar surface area (TPSA) is 55.3 Å². The number of esters is 1. The van der Waals surface area contributed by atoms with E-state index in [1.54, 1.807) is 11.8 Å². The predicted molar refractivity (Wildman–Crippen MR) is 77.8 cm³/mol. The molecule has 1 aromatic heterocycles. The zero-order valence-electron chi connectivity index (χ0n) is 13.4. The van der Waals surface area contributed by atoms with Crippen LogP contribution in [0.5, 0.6) is 0 Å². The van der Waals surface area contributed by atoms with Gasteiger partial charge in [0.1, 0.15) is 5.69 Å². The number of nitrogens with zero attached hydrogens (tertiary/aromatic N) is 3. The second-order valence-electron chi connectivity index (χ2n) is 5.94. The number of ether oxygens (including phenoxy) is 1. The molecule has 0 amide bonds. The molecular formula is C15H20F3N3O2. The van der Waals surface area contributed by atoms with E-state index in [1.807, 2.05) is 13.8 Å². The fraction of sp³-hybridized carbons (Fsp3) is 0.667. The Morgan fingerprint density at radius 1 is 1.48 bits per heavy atom. The lowest BCUT2D eigenvalue weighted by atomic mass is 9.76. The average Bonchev–Trinajstić information content (AvgIpc) is 2.93. The molecule has 128 valence electrons. The summed E-state index contributed by atoms with van der Waals surface area (Å²) in [4.78, 5) is 21.5. The molecule has 2 heterocycles. The summed E-state index contributed by atoms with van der Waals surface area (Å²) < 4.78 is 43.5. The van der Waals surface area contributed by atoms with Crippen molar-refractivity contribution in [3.63, 3.8) is 0 Å². The zero-order chi connectivity index (χ0) is 17.3. The third-order valence-corrected chi connectivity index (χ3v) is 4.30. The van der Waals surface area contributed by atoms with Crippen molar-refractivity contribution in [2.45, 2.75) is 33.4 Å². The Bertz CT molecular complexity index is 577. The van der Waals surface area contributed by atoms with E-state index in [1.165, 1.54) is 0 Å².